The number of nitrogens with one attached hydrogen (secondary N) is 1. The van der Waals surface area contributed by atoms with E-state index in [1.165, 1.54) is 12.1 Å². The highest BCUT2D eigenvalue weighted by Gasteiger charge is 2.31. The largest absolute Gasteiger partial charge is 0.321 e. The van der Waals surface area contributed by atoms with Crippen molar-refractivity contribution in [1.29, 1.82) is 0 Å². The molecule has 8 heteroatoms. The number of non-ortho nitro benzene ring substituents is 1. The lowest BCUT2D eigenvalue weighted by Gasteiger charge is -2.24. The van der Waals surface area contributed by atoms with Gasteiger partial charge in [0.2, 0.25) is 5.91 Å². The molecule has 1 amide bonds. The molecule has 1 fully saturated rings. The van der Waals surface area contributed by atoms with E-state index in [-0.39, 0.29) is 18.1 Å². The molecule has 1 N–H and O–H groups in total. The van der Waals surface area contributed by atoms with Gasteiger partial charge in [0.05, 0.1) is 11.5 Å². The minimum atomic E-state index is -0.989. The summed E-state index contributed by atoms with van der Waals surface area (Å²) in [7, 11) is -0.989. The Hall–Kier alpha value is -1.80. The zero-order valence-electron chi connectivity index (χ0n) is 10.9. The maximum atomic E-state index is 11.8. The van der Waals surface area contributed by atoms with Crippen LogP contribution in [0.15, 0.2) is 24.3 Å². The van der Waals surface area contributed by atoms with Gasteiger partial charge in [0.25, 0.3) is 5.69 Å². The molecule has 1 saturated heterocycles. The number of hydrogen-bond acceptors (Lipinski definition) is 5. The Balaban J connectivity index is 2.21. The lowest BCUT2D eigenvalue weighted by Crippen LogP contribution is -2.33. The highest BCUT2D eigenvalue weighted by atomic mass is 32.2. The summed E-state index contributed by atoms with van der Waals surface area (Å²) in [5.41, 5.74) is 0.648. The Morgan fingerprint density at radius 2 is 2.30 bits per heavy atom. The molecule has 1 aliphatic heterocycles. The van der Waals surface area contributed by atoms with Crippen molar-refractivity contribution in [2.75, 3.05) is 25.1 Å². The molecule has 108 valence electrons. The molecule has 20 heavy (non-hydrogen) atoms. The third-order valence-corrected chi connectivity index (χ3v) is 3.85. The highest BCUT2D eigenvalue weighted by molar-refractivity contribution is 7.84. The first-order valence-electron chi connectivity index (χ1n) is 6.06. The second-order valence-electron chi connectivity index (χ2n) is 4.50. The first-order chi connectivity index (χ1) is 9.49. The number of hydrogen-bond donors (Lipinski definition) is 1. The highest BCUT2D eigenvalue weighted by Crippen LogP contribution is 2.25. The van der Waals surface area contributed by atoms with Crippen LogP contribution in [-0.2, 0) is 15.6 Å². The second-order valence-corrected chi connectivity index (χ2v) is 6.05. The lowest BCUT2D eigenvalue weighted by molar-refractivity contribution is -0.385. The molecular weight excluding hydrogens is 282 g/mol. The number of benzene rings is 1. The molecule has 0 bridgehead atoms. The molecule has 0 aliphatic carbocycles. The Morgan fingerprint density at radius 3 is 2.95 bits per heavy atom. The monoisotopic (exact) mass is 297 g/mol. The summed E-state index contributed by atoms with van der Waals surface area (Å²) in [5.74, 6) is 0.297. The molecule has 2 unspecified atom stereocenters. The first kappa shape index (κ1) is 14.6. The van der Waals surface area contributed by atoms with E-state index in [1.807, 2.05) is 0 Å². The standard InChI is InChI=1S/C12H15N3O4S/c1-20(19)6-5-14-11(16)8-13-12(14)9-3-2-4-10(7-9)15(17)18/h2-4,7,12-13H,5-6,8H2,1H3. The van der Waals surface area contributed by atoms with Gasteiger partial charge in [-0.3, -0.25) is 24.4 Å². The molecule has 1 aromatic carbocycles. The van der Waals surface area contributed by atoms with E-state index in [1.54, 1.807) is 23.3 Å². The summed E-state index contributed by atoms with van der Waals surface area (Å²) < 4.78 is 11.2. The van der Waals surface area contributed by atoms with Gasteiger partial charge in [-0.25, -0.2) is 0 Å². The number of rotatable bonds is 5. The molecule has 1 aromatic rings. The van der Waals surface area contributed by atoms with Crippen molar-refractivity contribution in [2.45, 2.75) is 6.17 Å². The Bertz CT molecular complexity index is 563. The molecule has 1 heterocycles. The number of nitrogens with zero attached hydrogens (tertiary/aromatic N) is 2. The van der Waals surface area contributed by atoms with E-state index in [0.29, 0.717) is 17.9 Å². The molecule has 0 aromatic heterocycles. The number of carbonyl (C=O) groups excluding carboxylic acids is 1. The van der Waals surface area contributed by atoms with Crippen molar-refractivity contribution in [3.05, 3.63) is 39.9 Å². The zero-order valence-corrected chi connectivity index (χ0v) is 11.8. The first-order valence-corrected chi connectivity index (χ1v) is 7.79. The van der Waals surface area contributed by atoms with Crippen LogP contribution in [0.1, 0.15) is 11.7 Å². The maximum Gasteiger partial charge on any atom is 0.269 e. The van der Waals surface area contributed by atoms with Crippen LogP contribution in [0, 0.1) is 10.1 Å². The second kappa shape index (κ2) is 6.10. The summed E-state index contributed by atoms with van der Waals surface area (Å²) >= 11 is 0. The summed E-state index contributed by atoms with van der Waals surface area (Å²) in [4.78, 5) is 23.7. The van der Waals surface area contributed by atoms with Crippen molar-refractivity contribution in [3.63, 3.8) is 0 Å². The fraction of sp³-hybridized carbons (Fsp3) is 0.417. The van der Waals surface area contributed by atoms with Crippen molar-refractivity contribution >= 4 is 22.4 Å². The average Bonchev–Trinajstić information content (AvgIpc) is 2.77. The van der Waals surface area contributed by atoms with Gasteiger partial charge in [-0.15, -0.1) is 0 Å². The van der Waals surface area contributed by atoms with Crippen molar-refractivity contribution in [2.24, 2.45) is 0 Å². The number of nitro benzene ring substituents is 1. The average molecular weight is 297 g/mol. The minimum Gasteiger partial charge on any atom is -0.321 e. The Kier molecular flexibility index (Phi) is 4.46. The molecule has 2 atom stereocenters. The SMILES string of the molecule is CS(=O)CCN1C(=O)CNC1c1cccc([N+](=O)[O-])c1. The smallest absolute Gasteiger partial charge is 0.269 e. The van der Waals surface area contributed by atoms with Gasteiger partial charge in [-0.1, -0.05) is 12.1 Å². The number of carbonyl (C=O) groups is 1. The zero-order chi connectivity index (χ0) is 14.7. The fourth-order valence-electron chi connectivity index (χ4n) is 2.13. The van der Waals surface area contributed by atoms with Crippen molar-refractivity contribution < 1.29 is 13.9 Å². The predicted octanol–water partition coefficient (Wildman–Crippen LogP) is 0.404. The van der Waals surface area contributed by atoms with E-state index < -0.39 is 21.9 Å². The Labute approximate surface area is 118 Å². The van der Waals surface area contributed by atoms with E-state index >= 15 is 0 Å². The van der Waals surface area contributed by atoms with Crippen LogP contribution < -0.4 is 5.32 Å². The van der Waals surface area contributed by atoms with E-state index in [4.69, 9.17) is 0 Å². The van der Waals surface area contributed by atoms with Gasteiger partial charge in [0, 0.05) is 41.5 Å². The third kappa shape index (κ3) is 3.20. The minimum absolute atomic E-state index is 0.0114. The third-order valence-electron chi connectivity index (χ3n) is 3.10. The lowest BCUT2D eigenvalue weighted by atomic mass is 10.1. The Morgan fingerprint density at radius 1 is 1.55 bits per heavy atom. The molecular formula is C12H15N3O4S. The van der Waals surface area contributed by atoms with Crippen LogP contribution in [0.4, 0.5) is 5.69 Å². The van der Waals surface area contributed by atoms with Gasteiger partial charge in [-0.05, 0) is 5.56 Å². The molecule has 1 aliphatic rings. The summed E-state index contributed by atoms with van der Waals surface area (Å²) in [6.07, 6.45) is 1.18. The van der Waals surface area contributed by atoms with E-state index in [9.17, 15) is 19.1 Å². The van der Waals surface area contributed by atoms with Crippen LogP contribution in [0.25, 0.3) is 0 Å². The van der Waals surface area contributed by atoms with Crippen molar-refractivity contribution in [3.8, 4) is 0 Å². The van der Waals surface area contributed by atoms with Crippen LogP contribution in [0.3, 0.4) is 0 Å². The van der Waals surface area contributed by atoms with Crippen LogP contribution >= 0.6 is 0 Å². The molecule has 0 radical (unpaired) electrons. The van der Waals surface area contributed by atoms with Crippen molar-refractivity contribution in [1.82, 2.24) is 10.2 Å². The number of nitro groups is 1. The quantitative estimate of drug-likeness (QED) is 0.627. The van der Waals surface area contributed by atoms with E-state index in [2.05, 4.69) is 5.32 Å². The topological polar surface area (TPSA) is 92.6 Å². The van der Waals surface area contributed by atoms with E-state index in [0.717, 1.165) is 0 Å². The van der Waals surface area contributed by atoms with Crippen LogP contribution in [0.2, 0.25) is 0 Å². The molecule has 2 rings (SSSR count). The normalized spacial score (nSPS) is 20.1. The number of amides is 1. The van der Waals surface area contributed by atoms with Gasteiger partial charge < -0.3 is 4.90 Å². The molecule has 0 saturated carbocycles. The van der Waals surface area contributed by atoms with Crippen LogP contribution in [-0.4, -0.2) is 45.0 Å². The van der Waals surface area contributed by atoms with Gasteiger partial charge in [0.15, 0.2) is 0 Å². The van der Waals surface area contributed by atoms with Crippen LogP contribution in [0.5, 0.6) is 0 Å². The molecule has 7 nitrogen and oxygen atoms in total. The molecule has 0 spiro atoms. The van der Waals surface area contributed by atoms with Gasteiger partial charge in [0.1, 0.15) is 6.17 Å². The summed E-state index contributed by atoms with van der Waals surface area (Å²) in [6, 6.07) is 6.19. The summed E-state index contributed by atoms with van der Waals surface area (Å²) in [5, 5.41) is 13.8. The predicted molar refractivity (Wildman–Crippen MR) is 74.5 cm³/mol. The summed E-state index contributed by atoms with van der Waals surface area (Å²) in [6.45, 7) is 0.548. The van der Waals surface area contributed by atoms with Gasteiger partial charge >= 0.3 is 0 Å². The maximum absolute atomic E-state index is 11.8. The van der Waals surface area contributed by atoms with Gasteiger partial charge in [-0.2, -0.15) is 0 Å². The fourth-order valence-corrected chi connectivity index (χ4v) is 2.58.